The molecule has 0 saturated carbocycles. The maximum atomic E-state index is 11.7. The predicted octanol–water partition coefficient (Wildman–Crippen LogP) is 3.74. The Hall–Kier alpha value is -2.66. The number of thiophene rings is 1. The molecule has 1 heterocycles. The topological polar surface area (TPSA) is 50.7 Å². The lowest BCUT2D eigenvalue weighted by molar-refractivity contribution is -0.123. The zero-order chi connectivity index (χ0) is 16.1. The second-order valence-corrected chi connectivity index (χ2v) is 6.36. The van der Waals surface area contributed by atoms with Crippen LogP contribution in [0.3, 0.4) is 0 Å². The molecule has 1 N–H and O–H groups in total. The number of nitrogens with one attached hydrogen (secondary N) is 1. The van der Waals surface area contributed by atoms with Crippen molar-refractivity contribution in [2.75, 3.05) is 6.61 Å². The van der Waals surface area contributed by atoms with E-state index in [2.05, 4.69) is 10.5 Å². The number of ether oxygens (including phenoxy) is 1. The number of fused-ring (bicyclic) bond motifs is 1. The number of carbonyl (C=O) groups excluding carboxylic acids is 1. The number of benzene rings is 2. The fourth-order valence-corrected chi connectivity index (χ4v) is 2.88. The van der Waals surface area contributed by atoms with Crippen LogP contribution in [0.2, 0.25) is 0 Å². The van der Waals surface area contributed by atoms with Crippen LogP contribution in [0, 0.1) is 6.92 Å². The normalized spacial score (nSPS) is 11.0. The summed E-state index contributed by atoms with van der Waals surface area (Å²) in [5.41, 5.74) is 2.46. The van der Waals surface area contributed by atoms with Gasteiger partial charge in [-0.15, -0.1) is 11.3 Å². The first-order valence-electron chi connectivity index (χ1n) is 7.21. The van der Waals surface area contributed by atoms with Gasteiger partial charge in [0.1, 0.15) is 5.75 Å². The molecule has 0 aliphatic rings. The number of hydrogen-bond donors (Lipinski definition) is 1. The highest BCUT2D eigenvalue weighted by Crippen LogP contribution is 2.20. The molecule has 23 heavy (non-hydrogen) atoms. The van der Waals surface area contributed by atoms with Gasteiger partial charge in [-0.2, -0.15) is 5.10 Å². The van der Waals surface area contributed by atoms with E-state index in [4.69, 9.17) is 4.74 Å². The zero-order valence-electron chi connectivity index (χ0n) is 12.7. The summed E-state index contributed by atoms with van der Waals surface area (Å²) in [6.45, 7) is 1.96. The van der Waals surface area contributed by atoms with Gasteiger partial charge in [-0.05, 0) is 42.0 Å². The van der Waals surface area contributed by atoms with E-state index in [1.807, 2.05) is 61.5 Å². The fourth-order valence-electron chi connectivity index (χ4n) is 2.13. The smallest absolute Gasteiger partial charge is 0.277 e. The van der Waals surface area contributed by atoms with Crippen molar-refractivity contribution in [3.05, 3.63) is 64.4 Å². The lowest BCUT2D eigenvalue weighted by Gasteiger charge is -2.06. The highest BCUT2D eigenvalue weighted by Gasteiger charge is 2.02. The van der Waals surface area contributed by atoms with Crippen LogP contribution in [-0.4, -0.2) is 18.7 Å². The summed E-state index contributed by atoms with van der Waals surface area (Å²) in [5, 5.41) is 6.14. The minimum Gasteiger partial charge on any atom is -0.484 e. The summed E-state index contributed by atoms with van der Waals surface area (Å²) in [6, 6.07) is 17.7. The van der Waals surface area contributed by atoms with Crippen LogP contribution < -0.4 is 10.2 Å². The molecule has 0 aliphatic heterocycles. The van der Waals surface area contributed by atoms with E-state index in [0.717, 1.165) is 15.6 Å². The molecule has 0 saturated heterocycles. The maximum absolute atomic E-state index is 11.7. The third-order valence-electron chi connectivity index (χ3n) is 3.23. The molecule has 0 unspecified atom stereocenters. The predicted molar refractivity (Wildman–Crippen MR) is 94.2 cm³/mol. The first-order chi connectivity index (χ1) is 11.2. The van der Waals surface area contributed by atoms with Gasteiger partial charge >= 0.3 is 0 Å². The molecule has 0 radical (unpaired) electrons. The van der Waals surface area contributed by atoms with Crippen LogP contribution in [0.15, 0.2) is 59.7 Å². The summed E-state index contributed by atoms with van der Waals surface area (Å²) in [4.78, 5) is 13.9. The van der Waals surface area contributed by atoms with E-state index in [9.17, 15) is 4.79 Å². The Bertz CT molecular complexity index is 855. The third kappa shape index (κ3) is 4.17. The number of aryl methyl sites for hydroxylation is 1. The molecule has 3 aromatic rings. The molecular formula is C18H16N2O2S. The molecule has 0 aliphatic carbocycles. The quantitative estimate of drug-likeness (QED) is 0.574. The van der Waals surface area contributed by atoms with E-state index in [-0.39, 0.29) is 12.5 Å². The first-order valence-corrected chi connectivity index (χ1v) is 8.02. The lowest BCUT2D eigenvalue weighted by atomic mass is 10.1. The van der Waals surface area contributed by atoms with E-state index in [1.54, 1.807) is 17.6 Å². The van der Waals surface area contributed by atoms with Crippen LogP contribution in [-0.2, 0) is 4.79 Å². The molecule has 1 aromatic heterocycles. The minimum atomic E-state index is -0.289. The molecule has 2 aromatic carbocycles. The average molecular weight is 324 g/mol. The fraction of sp³-hybridized carbons (Fsp3) is 0.111. The van der Waals surface area contributed by atoms with Gasteiger partial charge in [-0.3, -0.25) is 4.79 Å². The Balaban J connectivity index is 1.52. The summed E-state index contributed by atoms with van der Waals surface area (Å²) in [5.74, 6) is 0.374. The van der Waals surface area contributed by atoms with Gasteiger partial charge in [0.25, 0.3) is 5.91 Å². The number of rotatable bonds is 5. The summed E-state index contributed by atoms with van der Waals surface area (Å²) < 4.78 is 5.50. The molecule has 0 bridgehead atoms. The second-order valence-electron chi connectivity index (χ2n) is 5.04. The number of hydrogen-bond acceptors (Lipinski definition) is 4. The lowest BCUT2D eigenvalue weighted by Crippen LogP contribution is -2.24. The van der Waals surface area contributed by atoms with Crippen molar-refractivity contribution in [1.29, 1.82) is 0 Å². The van der Waals surface area contributed by atoms with Crippen LogP contribution in [0.25, 0.3) is 10.8 Å². The Morgan fingerprint density at radius 1 is 1.17 bits per heavy atom. The van der Waals surface area contributed by atoms with Crippen LogP contribution >= 0.6 is 11.3 Å². The van der Waals surface area contributed by atoms with E-state index >= 15 is 0 Å². The molecular weight excluding hydrogens is 308 g/mol. The van der Waals surface area contributed by atoms with Gasteiger partial charge in [-0.1, -0.05) is 30.3 Å². The van der Waals surface area contributed by atoms with E-state index in [1.165, 1.54) is 4.88 Å². The van der Waals surface area contributed by atoms with Crippen molar-refractivity contribution in [3.63, 3.8) is 0 Å². The molecule has 4 nitrogen and oxygen atoms in total. The molecule has 116 valence electrons. The van der Waals surface area contributed by atoms with Crippen molar-refractivity contribution in [3.8, 4) is 5.75 Å². The van der Waals surface area contributed by atoms with Gasteiger partial charge in [0.2, 0.25) is 0 Å². The average Bonchev–Trinajstić information content (AvgIpc) is 2.98. The van der Waals surface area contributed by atoms with E-state index in [0.29, 0.717) is 5.75 Å². The third-order valence-corrected chi connectivity index (χ3v) is 4.17. The van der Waals surface area contributed by atoms with Gasteiger partial charge in [0.15, 0.2) is 6.61 Å². The van der Waals surface area contributed by atoms with Gasteiger partial charge in [0, 0.05) is 9.75 Å². The van der Waals surface area contributed by atoms with Crippen molar-refractivity contribution >= 4 is 34.2 Å². The van der Waals surface area contributed by atoms with E-state index < -0.39 is 0 Å². The number of hydrazone groups is 1. The standard InChI is InChI=1S/C18H16N2O2S/c1-13-6-9-17(23-13)11-19-20-18(21)12-22-16-8-7-14-4-2-3-5-15(14)10-16/h2-11H,12H2,1H3,(H,20,21)/b19-11-. The number of amides is 1. The summed E-state index contributed by atoms with van der Waals surface area (Å²) in [7, 11) is 0. The highest BCUT2D eigenvalue weighted by atomic mass is 32.1. The summed E-state index contributed by atoms with van der Waals surface area (Å²) in [6.07, 6.45) is 1.63. The largest absolute Gasteiger partial charge is 0.484 e. The number of nitrogens with zero attached hydrogens (tertiary/aromatic N) is 1. The SMILES string of the molecule is Cc1ccc(/C=N\NC(=O)COc2ccc3ccccc3c2)s1. The molecule has 1 amide bonds. The van der Waals surface area contributed by atoms with Crippen LogP contribution in [0.1, 0.15) is 9.75 Å². The Kier molecular flexibility index (Phi) is 4.68. The monoisotopic (exact) mass is 324 g/mol. The highest BCUT2D eigenvalue weighted by molar-refractivity contribution is 7.13. The minimum absolute atomic E-state index is 0.0703. The molecule has 0 fully saturated rings. The van der Waals surface area contributed by atoms with Crippen molar-refractivity contribution in [1.82, 2.24) is 5.43 Å². The Labute approximate surface area is 138 Å². The van der Waals surface area contributed by atoms with Gasteiger partial charge in [-0.25, -0.2) is 5.43 Å². The summed E-state index contributed by atoms with van der Waals surface area (Å²) >= 11 is 1.62. The van der Waals surface area contributed by atoms with Crippen molar-refractivity contribution in [2.45, 2.75) is 6.92 Å². The Morgan fingerprint density at radius 3 is 2.78 bits per heavy atom. The van der Waals surface area contributed by atoms with Crippen LogP contribution in [0.4, 0.5) is 0 Å². The molecule has 0 spiro atoms. The van der Waals surface area contributed by atoms with Crippen molar-refractivity contribution < 1.29 is 9.53 Å². The first kappa shape index (κ1) is 15.2. The number of carbonyl (C=O) groups is 1. The maximum Gasteiger partial charge on any atom is 0.277 e. The zero-order valence-corrected chi connectivity index (χ0v) is 13.5. The van der Waals surface area contributed by atoms with Crippen LogP contribution in [0.5, 0.6) is 5.75 Å². The molecule has 5 heteroatoms. The van der Waals surface area contributed by atoms with Crippen molar-refractivity contribution in [2.24, 2.45) is 5.10 Å². The molecule has 3 rings (SSSR count). The Morgan fingerprint density at radius 2 is 2.00 bits per heavy atom. The molecule has 0 atom stereocenters. The van der Waals surface area contributed by atoms with Gasteiger partial charge in [0.05, 0.1) is 6.21 Å². The van der Waals surface area contributed by atoms with Gasteiger partial charge < -0.3 is 4.74 Å². The second kappa shape index (κ2) is 7.07.